The van der Waals surface area contributed by atoms with Crippen LogP contribution in [0, 0.1) is 5.92 Å². The van der Waals surface area contributed by atoms with E-state index in [1.54, 1.807) is 18.8 Å². The Morgan fingerprint density at radius 1 is 1.19 bits per heavy atom. The maximum atomic E-state index is 13.1. The average molecular weight is 471 g/mol. The van der Waals surface area contributed by atoms with E-state index in [0.717, 1.165) is 44.6 Å². The van der Waals surface area contributed by atoms with Crippen molar-refractivity contribution in [1.29, 1.82) is 0 Å². The van der Waals surface area contributed by atoms with Gasteiger partial charge in [0.2, 0.25) is 0 Å². The number of pyridine rings is 1. The number of fused-ring (bicyclic) bond motifs is 2. The predicted octanol–water partition coefficient (Wildman–Crippen LogP) is 4.66. The van der Waals surface area contributed by atoms with E-state index < -0.39 is 0 Å². The molecule has 0 atom stereocenters. The first kappa shape index (κ1) is 22.8. The third-order valence-electron chi connectivity index (χ3n) is 5.43. The van der Waals surface area contributed by atoms with Gasteiger partial charge in [-0.2, -0.15) is 5.10 Å². The SMILES string of the molecule is CC(C)Cc1nn(C)c(=O)c2c(SCCCO)n(Cc3cnc(Cl)c4ccccc34)cc12. The van der Waals surface area contributed by atoms with Gasteiger partial charge >= 0.3 is 0 Å². The molecule has 0 radical (unpaired) electrons. The van der Waals surface area contributed by atoms with E-state index in [1.165, 1.54) is 4.68 Å². The summed E-state index contributed by atoms with van der Waals surface area (Å²) in [5.74, 6) is 1.14. The predicted molar refractivity (Wildman–Crippen MR) is 132 cm³/mol. The Kier molecular flexibility index (Phi) is 6.88. The maximum absolute atomic E-state index is 13.1. The third kappa shape index (κ3) is 4.42. The standard InChI is InChI=1S/C24H27ClN4O2S/c1-15(2)11-20-19-14-29(13-16-12-26-22(25)18-8-5-4-7-17(16)18)24(32-10-6-9-30)21(19)23(31)28(3)27-20/h4-5,7-8,12,14-15,30H,6,9-11,13H2,1-3H3. The van der Waals surface area contributed by atoms with Gasteiger partial charge in [0.25, 0.3) is 5.56 Å². The lowest BCUT2D eigenvalue weighted by molar-refractivity contribution is 0.296. The molecule has 8 heteroatoms. The topological polar surface area (TPSA) is 72.9 Å². The van der Waals surface area contributed by atoms with Crippen LogP contribution in [0.4, 0.5) is 0 Å². The number of hydrogen-bond acceptors (Lipinski definition) is 5. The van der Waals surface area contributed by atoms with Gasteiger partial charge in [0.15, 0.2) is 0 Å². The molecule has 0 amide bonds. The Bertz CT molecular complexity index is 1330. The van der Waals surface area contributed by atoms with E-state index in [4.69, 9.17) is 11.6 Å². The highest BCUT2D eigenvalue weighted by molar-refractivity contribution is 7.99. The van der Waals surface area contributed by atoms with Crippen LogP contribution in [0.5, 0.6) is 0 Å². The molecule has 0 saturated carbocycles. The summed E-state index contributed by atoms with van der Waals surface area (Å²) in [6.07, 6.45) is 5.31. The number of aryl methyl sites for hydroxylation is 1. The van der Waals surface area contributed by atoms with E-state index in [-0.39, 0.29) is 12.2 Å². The molecule has 0 aliphatic carbocycles. The van der Waals surface area contributed by atoms with Crippen molar-refractivity contribution in [3.63, 3.8) is 0 Å². The molecule has 1 N–H and O–H groups in total. The van der Waals surface area contributed by atoms with Crippen molar-refractivity contribution in [2.75, 3.05) is 12.4 Å². The molecular formula is C24H27ClN4O2S. The second-order valence-electron chi connectivity index (χ2n) is 8.37. The lowest BCUT2D eigenvalue weighted by Crippen LogP contribution is -2.22. The van der Waals surface area contributed by atoms with Crippen LogP contribution in [-0.4, -0.2) is 36.8 Å². The average Bonchev–Trinajstić information content (AvgIpc) is 3.12. The van der Waals surface area contributed by atoms with Crippen LogP contribution in [0.15, 0.2) is 46.5 Å². The molecule has 0 unspecified atom stereocenters. The molecule has 168 valence electrons. The molecular weight excluding hydrogens is 444 g/mol. The molecule has 3 heterocycles. The van der Waals surface area contributed by atoms with E-state index in [2.05, 4.69) is 28.5 Å². The summed E-state index contributed by atoms with van der Waals surface area (Å²) in [5.41, 5.74) is 1.86. The molecule has 32 heavy (non-hydrogen) atoms. The second-order valence-corrected chi connectivity index (χ2v) is 9.81. The van der Waals surface area contributed by atoms with Crippen LogP contribution < -0.4 is 5.56 Å². The smallest absolute Gasteiger partial charge is 0.277 e. The van der Waals surface area contributed by atoms with Crippen molar-refractivity contribution in [2.24, 2.45) is 13.0 Å². The minimum atomic E-state index is -0.100. The van der Waals surface area contributed by atoms with E-state index in [9.17, 15) is 9.90 Å². The Labute approximate surface area is 196 Å². The highest BCUT2D eigenvalue weighted by atomic mass is 35.5. The molecule has 4 aromatic rings. The van der Waals surface area contributed by atoms with Crippen molar-refractivity contribution in [2.45, 2.75) is 38.3 Å². The van der Waals surface area contributed by atoms with Crippen molar-refractivity contribution in [3.8, 4) is 0 Å². The lowest BCUT2D eigenvalue weighted by atomic mass is 10.1. The maximum Gasteiger partial charge on any atom is 0.277 e. The van der Waals surface area contributed by atoms with Crippen molar-refractivity contribution >= 4 is 44.9 Å². The Morgan fingerprint density at radius 3 is 2.66 bits per heavy atom. The van der Waals surface area contributed by atoms with Gasteiger partial charge in [-0.15, -0.1) is 11.8 Å². The van der Waals surface area contributed by atoms with Gasteiger partial charge in [0.1, 0.15) is 5.15 Å². The molecule has 0 fully saturated rings. The number of halogens is 1. The minimum absolute atomic E-state index is 0.100. The summed E-state index contributed by atoms with van der Waals surface area (Å²) in [6, 6.07) is 7.96. The number of thioether (sulfide) groups is 1. The fourth-order valence-corrected chi connectivity index (χ4v) is 5.28. The normalized spacial score (nSPS) is 11.8. The molecule has 1 aromatic carbocycles. The number of rotatable bonds is 8. The van der Waals surface area contributed by atoms with Crippen LogP contribution in [0.2, 0.25) is 5.15 Å². The molecule has 6 nitrogen and oxygen atoms in total. The van der Waals surface area contributed by atoms with Crippen LogP contribution in [-0.2, 0) is 20.0 Å². The van der Waals surface area contributed by atoms with Gasteiger partial charge in [-0.1, -0.05) is 49.7 Å². The summed E-state index contributed by atoms with van der Waals surface area (Å²) in [7, 11) is 1.71. The van der Waals surface area contributed by atoms with E-state index in [1.807, 2.05) is 36.7 Å². The largest absolute Gasteiger partial charge is 0.396 e. The Morgan fingerprint density at radius 2 is 1.94 bits per heavy atom. The summed E-state index contributed by atoms with van der Waals surface area (Å²) in [6.45, 7) is 4.98. The zero-order chi connectivity index (χ0) is 22.8. The quantitative estimate of drug-likeness (QED) is 0.230. The number of nitrogens with zero attached hydrogens (tertiary/aromatic N) is 4. The van der Waals surface area contributed by atoms with E-state index in [0.29, 0.717) is 29.4 Å². The van der Waals surface area contributed by atoms with Crippen molar-refractivity contribution < 1.29 is 5.11 Å². The summed E-state index contributed by atoms with van der Waals surface area (Å²) in [4.78, 5) is 17.5. The van der Waals surface area contributed by atoms with Gasteiger partial charge in [-0.05, 0) is 29.7 Å². The molecule has 0 saturated heterocycles. The van der Waals surface area contributed by atoms with Gasteiger partial charge in [0.05, 0.1) is 22.7 Å². The summed E-state index contributed by atoms with van der Waals surface area (Å²) < 4.78 is 3.57. The number of aliphatic hydroxyl groups excluding tert-OH is 1. The molecule has 3 aromatic heterocycles. The van der Waals surface area contributed by atoms with Gasteiger partial charge in [-0.3, -0.25) is 4.79 Å². The number of aromatic nitrogens is 4. The van der Waals surface area contributed by atoms with Crippen LogP contribution in [0.3, 0.4) is 0 Å². The number of aliphatic hydroxyl groups is 1. The first-order valence-corrected chi connectivity index (χ1v) is 12.1. The molecule has 4 rings (SSSR count). The Balaban J connectivity index is 1.90. The first-order chi connectivity index (χ1) is 15.4. The van der Waals surface area contributed by atoms with Gasteiger partial charge in [0, 0.05) is 42.6 Å². The molecule has 0 spiro atoms. The fourth-order valence-electron chi connectivity index (χ4n) is 3.98. The number of hydrogen-bond donors (Lipinski definition) is 1. The van der Waals surface area contributed by atoms with Crippen molar-refractivity contribution in [1.82, 2.24) is 19.3 Å². The summed E-state index contributed by atoms with van der Waals surface area (Å²) in [5, 5.41) is 18.8. The van der Waals surface area contributed by atoms with Crippen LogP contribution in [0.25, 0.3) is 21.5 Å². The Hall–Kier alpha value is -2.35. The van der Waals surface area contributed by atoms with Crippen LogP contribution in [0.1, 0.15) is 31.5 Å². The highest BCUT2D eigenvalue weighted by Crippen LogP contribution is 2.32. The van der Waals surface area contributed by atoms with Gasteiger partial charge in [-0.25, -0.2) is 9.67 Å². The second kappa shape index (κ2) is 9.65. The lowest BCUT2D eigenvalue weighted by Gasteiger charge is -2.12. The van der Waals surface area contributed by atoms with E-state index >= 15 is 0 Å². The zero-order valence-corrected chi connectivity index (χ0v) is 20.1. The van der Waals surface area contributed by atoms with Crippen LogP contribution >= 0.6 is 23.4 Å². The van der Waals surface area contributed by atoms with Gasteiger partial charge < -0.3 is 9.67 Å². The molecule has 0 bridgehead atoms. The highest BCUT2D eigenvalue weighted by Gasteiger charge is 2.20. The minimum Gasteiger partial charge on any atom is -0.396 e. The summed E-state index contributed by atoms with van der Waals surface area (Å²) >= 11 is 7.92. The first-order valence-electron chi connectivity index (χ1n) is 10.8. The zero-order valence-electron chi connectivity index (χ0n) is 18.5. The van der Waals surface area contributed by atoms with Crippen molar-refractivity contribution in [3.05, 3.63) is 63.4 Å². The number of benzene rings is 1. The third-order valence-corrected chi connectivity index (χ3v) is 6.94. The molecule has 0 aliphatic heterocycles. The fraction of sp³-hybridized carbons (Fsp3) is 0.375. The monoisotopic (exact) mass is 470 g/mol. The molecule has 0 aliphatic rings.